The summed E-state index contributed by atoms with van der Waals surface area (Å²) in [7, 11) is 2.17. The Kier molecular flexibility index (Phi) is 4.47. The number of hydrogen-bond donors (Lipinski definition) is 0. The first-order chi connectivity index (χ1) is 8.15. The lowest BCUT2D eigenvalue weighted by Crippen LogP contribution is -2.43. The lowest BCUT2D eigenvalue weighted by molar-refractivity contribution is -0.183. The van der Waals surface area contributed by atoms with Crippen LogP contribution in [0.15, 0.2) is 11.1 Å². The van der Waals surface area contributed by atoms with Crippen LogP contribution in [0.2, 0.25) is 0 Å². The lowest BCUT2D eigenvalue weighted by atomic mass is 9.89. The molecule has 2 aliphatic rings. The highest BCUT2D eigenvalue weighted by Crippen LogP contribution is 2.37. The van der Waals surface area contributed by atoms with Crippen molar-refractivity contribution in [2.24, 2.45) is 0 Å². The van der Waals surface area contributed by atoms with Gasteiger partial charge in [-0.15, -0.1) is 0 Å². The molecule has 17 heavy (non-hydrogen) atoms. The second kappa shape index (κ2) is 5.70. The van der Waals surface area contributed by atoms with Crippen molar-refractivity contribution in [1.82, 2.24) is 4.90 Å². The Morgan fingerprint density at radius 3 is 2.47 bits per heavy atom. The number of likely N-dealkylation sites (N-methyl/N-ethyl adjacent to an activating group) is 1. The smallest absolute Gasteiger partial charge is 0.168 e. The van der Waals surface area contributed by atoms with Gasteiger partial charge in [0.15, 0.2) is 5.79 Å². The molecule has 2 rings (SSSR count). The Morgan fingerprint density at radius 2 is 1.94 bits per heavy atom. The molecule has 0 unspecified atom stereocenters. The summed E-state index contributed by atoms with van der Waals surface area (Å²) in [4.78, 5) is 2.38. The van der Waals surface area contributed by atoms with Crippen molar-refractivity contribution in [3.63, 3.8) is 0 Å². The summed E-state index contributed by atoms with van der Waals surface area (Å²) in [5.41, 5.74) is 2.88. The highest BCUT2D eigenvalue weighted by atomic mass is 35.5. The van der Waals surface area contributed by atoms with E-state index < -0.39 is 0 Å². The van der Waals surface area contributed by atoms with Gasteiger partial charge in [0, 0.05) is 31.0 Å². The lowest BCUT2D eigenvalue weighted by Gasteiger charge is -2.39. The fraction of sp³-hybridized carbons (Fsp3) is 0.846. The van der Waals surface area contributed by atoms with Gasteiger partial charge in [0.05, 0.1) is 13.2 Å². The molecule has 98 valence electrons. The molecule has 0 amide bonds. The van der Waals surface area contributed by atoms with Crippen molar-refractivity contribution in [1.29, 1.82) is 0 Å². The van der Waals surface area contributed by atoms with E-state index in [2.05, 4.69) is 18.9 Å². The first kappa shape index (κ1) is 13.3. The Bertz CT molecular complexity index is 277. The van der Waals surface area contributed by atoms with Crippen LogP contribution in [-0.2, 0) is 9.47 Å². The third-order valence-electron chi connectivity index (χ3n) is 3.84. The van der Waals surface area contributed by atoms with Gasteiger partial charge in [0.2, 0.25) is 0 Å². The quantitative estimate of drug-likeness (QED) is 0.778. The molecule has 0 aromatic carbocycles. The minimum atomic E-state index is -0.241. The van der Waals surface area contributed by atoms with Gasteiger partial charge in [0.25, 0.3) is 0 Å². The molecule has 1 saturated carbocycles. The number of hydrogen-bond acceptors (Lipinski definition) is 3. The summed E-state index contributed by atoms with van der Waals surface area (Å²) in [6.07, 6.45) is 4.33. The molecule has 2 fully saturated rings. The summed E-state index contributed by atoms with van der Waals surface area (Å²) < 4.78 is 11.5. The first-order valence-electron chi connectivity index (χ1n) is 6.39. The molecule has 0 N–H and O–H groups in total. The Labute approximate surface area is 109 Å². The van der Waals surface area contributed by atoms with Crippen LogP contribution < -0.4 is 0 Å². The monoisotopic (exact) mass is 259 g/mol. The summed E-state index contributed by atoms with van der Waals surface area (Å²) in [6.45, 7) is 4.53. The van der Waals surface area contributed by atoms with E-state index >= 15 is 0 Å². The molecule has 1 aliphatic carbocycles. The van der Waals surface area contributed by atoms with Gasteiger partial charge in [-0.1, -0.05) is 11.6 Å². The fourth-order valence-corrected chi connectivity index (χ4v) is 2.89. The molecule has 0 aromatic heterocycles. The maximum atomic E-state index is 5.74. The summed E-state index contributed by atoms with van der Waals surface area (Å²) in [5.74, 6) is -0.241. The molecule has 1 saturated heterocycles. The maximum absolute atomic E-state index is 5.74. The van der Waals surface area contributed by atoms with Crippen LogP contribution in [0.3, 0.4) is 0 Å². The molecule has 0 aromatic rings. The van der Waals surface area contributed by atoms with Crippen molar-refractivity contribution < 1.29 is 9.47 Å². The van der Waals surface area contributed by atoms with Crippen LogP contribution in [0, 0.1) is 0 Å². The third-order valence-corrected chi connectivity index (χ3v) is 4.21. The van der Waals surface area contributed by atoms with Crippen LogP contribution in [0.25, 0.3) is 0 Å². The van der Waals surface area contributed by atoms with Crippen LogP contribution in [0.1, 0.15) is 32.6 Å². The maximum Gasteiger partial charge on any atom is 0.168 e. The van der Waals surface area contributed by atoms with E-state index in [0.717, 1.165) is 45.4 Å². The average Bonchev–Trinajstić information content (AvgIpc) is 2.78. The van der Waals surface area contributed by atoms with E-state index in [0.29, 0.717) is 6.04 Å². The van der Waals surface area contributed by atoms with E-state index in [1.807, 2.05) is 0 Å². The van der Waals surface area contributed by atoms with Gasteiger partial charge in [-0.3, -0.25) is 4.90 Å². The van der Waals surface area contributed by atoms with Crippen LogP contribution in [-0.4, -0.2) is 43.5 Å². The molecule has 1 aliphatic heterocycles. The van der Waals surface area contributed by atoms with E-state index in [1.54, 1.807) is 5.54 Å². The van der Waals surface area contributed by atoms with Crippen LogP contribution in [0.5, 0.6) is 0 Å². The highest BCUT2D eigenvalue weighted by molar-refractivity contribution is 6.25. The second-order valence-electron chi connectivity index (χ2n) is 5.21. The summed E-state index contributed by atoms with van der Waals surface area (Å²) in [5, 5.41) is 0. The zero-order chi connectivity index (χ0) is 12.3. The number of nitrogens with zero attached hydrogens (tertiary/aromatic N) is 1. The number of halogens is 1. The predicted molar refractivity (Wildman–Crippen MR) is 69.1 cm³/mol. The summed E-state index contributed by atoms with van der Waals surface area (Å²) in [6, 6.07) is 0.625. The zero-order valence-corrected chi connectivity index (χ0v) is 11.5. The van der Waals surface area contributed by atoms with Gasteiger partial charge < -0.3 is 9.47 Å². The van der Waals surface area contributed by atoms with Crippen molar-refractivity contribution in [3.05, 3.63) is 11.1 Å². The molecule has 3 nitrogen and oxygen atoms in total. The molecule has 1 spiro atoms. The van der Waals surface area contributed by atoms with Gasteiger partial charge in [-0.25, -0.2) is 0 Å². The van der Waals surface area contributed by atoms with E-state index in [4.69, 9.17) is 21.1 Å². The van der Waals surface area contributed by atoms with Crippen molar-refractivity contribution >= 4 is 11.6 Å². The standard InChI is InChI=1S/C13H22ClNO2/c1-11(9-14)10-15(2)12-3-5-13(6-4-12)16-7-8-17-13/h9,12H,3-8,10H2,1-2H3. The molecule has 0 radical (unpaired) electrons. The molecule has 0 atom stereocenters. The first-order valence-corrected chi connectivity index (χ1v) is 6.83. The van der Waals surface area contributed by atoms with Gasteiger partial charge in [-0.05, 0) is 32.4 Å². The average molecular weight is 260 g/mol. The topological polar surface area (TPSA) is 21.7 Å². The van der Waals surface area contributed by atoms with Crippen LogP contribution in [0.4, 0.5) is 0 Å². The largest absolute Gasteiger partial charge is 0.348 e. The van der Waals surface area contributed by atoms with Crippen molar-refractivity contribution in [2.45, 2.75) is 44.4 Å². The Hall–Kier alpha value is -0.0900. The summed E-state index contributed by atoms with van der Waals surface area (Å²) >= 11 is 5.70. The SMILES string of the molecule is CC(=CCl)CN(C)C1CCC2(CC1)OCCO2. The van der Waals surface area contributed by atoms with Gasteiger partial charge >= 0.3 is 0 Å². The molecule has 0 bridgehead atoms. The number of rotatable bonds is 3. The fourth-order valence-electron chi connectivity index (χ4n) is 2.83. The Balaban J connectivity index is 1.82. The normalized spacial score (nSPS) is 26.0. The molecular weight excluding hydrogens is 238 g/mol. The van der Waals surface area contributed by atoms with Gasteiger partial charge in [-0.2, -0.15) is 0 Å². The minimum Gasteiger partial charge on any atom is -0.348 e. The second-order valence-corrected chi connectivity index (χ2v) is 5.43. The highest BCUT2D eigenvalue weighted by Gasteiger charge is 2.40. The van der Waals surface area contributed by atoms with E-state index in [-0.39, 0.29) is 5.79 Å². The Morgan fingerprint density at radius 1 is 1.35 bits per heavy atom. The van der Waals surface area contributed by atoms with E-state index in [1.165, 1.54) is 5.57 Å². The molecule has 4 heteroatoms. The number of ether oxygens (including phenoxy) is 2. The third kappa shape index (κ3) is 3.22. The van der Waals surface area contributed by atoms with Crippen LogP contribution >= 0.6 is 11.6 Å². The molecular formula is C13H22ClNO2. The van der Waals surface area contributed by atoms with Gasteiger partial charge in [0.1, 0.15) is 0 Å². The zero-order valence-electron chi connectivity index (χ0n) is 10.7. The van der Waals surface area contributed by atoms with E-state index in [9.17, 15) is 0 Å². The van der Waals surface area contributed by atoms with Crippen molar-refractivity contribution in [2.75, 3.05) is 26.8 Å². The molecule has 1 heterocycles. The predicted octanol–water partition coefficient (Wildman–Crippen LogP) is 2.75. The minimum absolute atomic E-state index is 0.241. The van der Waals surface area contributed by atoms with Crippen molar-refractivity contribution in [3.8, 4) is 0 Å².